The number of halogens is 1. The van der Waals surface area contributed by atoms with Crippen molar-refractivity contribution in [2.45, 2.75) is 39.5 Å². The highest BCUT2D eigenvalue weighted by Crippen LogP contribution is 2.27. The van der Waals surface area contributed by atoms with E-state index in [0.29, 0.717) is 11.6 Å². The fraction of sp³-hybridized carbons (Fsp3) is 0.292. The van der Waals surface area contributed by atoms with Crippen molar-refractivity contribution >= 4 is 28.3 Å². The Labute approximate surface area is 186 Å². The summed E-state index contributed by atoms with van der Waals surface area (Å²) in [5, 5.41) is 10.9. The van der Waals surface area contributed by atoms with Crippen molar-refractivity contribution in [3.63, 3.8) is 0 Å². The molecule has 0 spiro atoms. The number of Topliss-reactive ketones (excluding diaryl/α,β-unsaturated/α-hetero) is 1. The summed E-state index contributed by atoms with van der Waals surface area (Å²) < 4.78 is 9.64. The summed E-state index contributed by atoms with van der Waals surface area (Å²) in [6.45, 7) is 5.84. The first-order valence-corrected chi connectivity index (χ1v) is 10.5. The van der Waals surface area contributed by atoms with Crippen molar-refractivity contribution in [1.29, 1.82) is 0 Å². The molecule has 0 aliphatic heterocycles. The van der Waals surface area contributed by atoms with E-state index in [2.05, 4.69) is 23.3 Å². The number of carbonyl (C=O) groups excluding carboxylic acids is 1. The van der Waals surface area contributed by atoms with E-state index in [1.807, 2.05) is 52.9 Å². The Hall–Kier alpha value is -2.96. The molecule has 6 nitrogen and oxygen atoms in total. The van der Waals surface area contributed by atoms with E-state index in [9.17, 15) is 4.79 Å². The maximum Gasteiger partial charge on any atom is 0.161 e. The minimum absolute atomic E-state index is 0.0229. The molecule has 2 heterocycles. The number of carbonyl (C=O) groups is 1. The number of ketones is 1. The topological polar surface area (TPSA) is 61.9 Å². The van der Waals surface area contributed by atoms with Crippen molar-refractivity contribution in [2.24, 2.45) is 7.05 Å². The predicted octanol–water partition coefficient (Wildman–Crippen LogP) is 5.02. The van der Waals surface area contributed by atoms with Crippen LogP contribution in [0.3, 0.4) is 0 Å². The maximum atomic E-state index is 11.8. The fourth-order valence-electron chi connectivity index (χ4n) is 3.36. The summed E-state index contributed by atoms with van der Waals surface area (Å²) in [5.41, 5.74) is 3.91. The lowest BCUT2D eigenvalue weighted by atomic mass is 10.1. The number of aromatic nitrogens is 4. The predicted molar refractivity (Wildman–Crippen MR) is 122 cm³/mol. The minimum Gasteiger partial charge on any atom is -0.361 e. The molecule has 4 aromatic rings. The third-order valence-corrected chi connectivity index (χ3v) is 5.95. The van der Waals surface area contributed by atoms with Gasteiger partial charge in [0.1, 0.15) is 5.60 Å². The molecule has 2 aromatic heterocycles. The van der Waals surface area contributed by atoms with E-state index in [-0.39, 0.29) is 12.4 Å². The zero-order valence-electron chi connectivity index (χ0n) is 18.1. The Kier molecular flexibility index (Phi) is 5.69. The van der Waals surface area contributed by atoms with Crippen LogP contribution in [-0.4, -0.2) is 30.9 Å². The summed E-state index contributed by atoms with van der Waals surface area (Å²) in [7, 11) is 1.93. The Balaban J connectivity index is 1.72. The Bertz CT molecular complexity index is 1260. The molecule has 0 fully saturated rings. The van der Waals surface area contributed by atoms with Crippen molar-refractivity contribution in [1.82, 2.24) is 19.6 Å². The van der Waals surface area contributed by atoms with Crippen LogP contribution in [0, 0.1) is 0 Å². The summed E-state index contributed by atoms with van der Waals surface area (Å²) in [6.07, 6.45) is 1.85. The van der Waals surface area contributed by atoms with Crippen LogP contribution >= 0.6 is 11.6 Å². The Morgan fingerprint density at radius 2 is 1.94 bits per heavy atom. The van der Waals surface area contributed by atoms with Gasteiger partial charge in [-0.2, -0.15) is 10.2 Å². The van der Waals surface area contributed by atoms with Crippen molar-refractivity contribution in [3.05, 3.63) is 71.0 Å². The van der Waals surface area contributed by atoms with Crippen LogP contribution in [0.4, 0.5) is 0 Å². The largest absolute Gasteiger partial charge is 0.361 e. The monoisotopic (exact) mass is 436 g/mol. The van der Waals surface area contributed by atoms with Gasteiger partial charge in [0.15, 0.2) is 5.78 Å². The second-order valence-electron chi connectivity index (χ2n) is 8.17. The molecule has 0 aliphatic carbocycles. The average Bonchev–Trinajstić information content (AvgIpc) is 3.31. The molecule has 0 radical (unpaired) electrons. The first-order chi connectivity index (χ1) is 14.7. The number of aryl methyl sites for hydroxylation is 1. The lowest BCUT2D eigenvalue weighted by Gasteiger charge is -2.21. The molecule has 0 saturated heterocycles. The zero-order valence-corrected chi connectivity index (χ0v) is 18.8. The van der Waals surface area contributed by atoms with Gasteiger partial charge in [-0.25, -0.2) is 0 Å². The molecule has 31 heavy (non-hydrogen) atoms. The van der Waals surface area contributed by atoms with E-state index < -0.39 is 5.60 Å². The first-order valence-electron chi connectivity index (χ1n) is 10.1. The number of hydrogen-bond acceptors (Lipinski definition) is 4. The summed E-state index contributed by atoms with van der Waals surface area (Å²) in [6, 6.07) is 16.0. The van der Waals surface area contributed by atoms with Gasteiger partial charge in [-0.3, -0.25) is 14.2 Å². The van der Waals surface area contributed by atoms with Gasteiger partial charge in [-0.05, 0) is 50.6 Å². The molecule has 0 aliphatic rings. The molecule has 0 unspecified atom stereocenters. The fourth-order valence-corrected chi connectivity index (χ4v) is 3.56. The highest BCUT2D eigenvalue weighted by atomic mass is 35.5. The molecule has 0 N–H and O–H groups in total. The molecule has 0 atom stereocenters. The molecule has 0 bridgehead atoms. The van der Waals surface area contributed by atoms with E-state index in [0.717, 1.165) is 33.4 Å². The summed E-state index contributed by atoms with van der Waals surface area (Å²) in [5.74, 6) is -0.0229. The van der Waals surface area contributed by atoms with Gasteiger partial charge in [-0.1, -0.05) is 35.9 Å². The molecular weight excluding hydrogens is 412 g/mol. The van der Waals surface area contributed by atoms with Gasteiger partial charge in [0, 0.05) is 23.0 Å². The third kappa shape index (κ3) is 4.40. The number of fused-ring (bicyclic) bond motifs is 1. The number of benzene rings is 2. The van der Waals surface area contributed by atoms with Gasteiger partial charge in [0.25, 0.3) is 0 Å². The third-order valence-electron chi connectivity index (χ3n) is 5.58. The molecular formula is C24H25ClN4O2. The standard InChI is InChI=1S/C24H25ClN4O2/c1-16(30)24(2,3)31-15-20-12-23(17-9-10-22-19(11-17)13-26-28(22)4)29(27-20)14-18-7-5-6-8-21(18)25/h5-13H,14-15H2,1-4H3. The van der Waals surface area contributed by atoms with Gasteiger partial charge in [0.05, 0.1) is 36.3 Å². The second kappa shape index (κ2) is 8.29. The van der Waals surface area contributed by atoms with E-state index in [1.54, 1.807) is 13.8 Å². The van der Waals surface area contributed by atoms with Crippen LogP contribution in [0.25, 0.3) is 22.2 Å². The average molecular weight is 437 g/mol. The number of ether oxygens (including phenoxy) is 1. The normalized spacial score (nSPS) is 11.9. The zero-order chi connectivity index (χ0) is 22.2. The van der Waals surface area contributed by atoms with Crippen LogP contribution in [0.2, 0.25) is 5.02 Å². The van der Waals surface area contributed by atoms with Crippen LogP contribution < -0.4 is 0 Å². The number of nitrogens with zero attached hydrogens (tertiary/aromatic N) is 4. The summed E-state index contributed by atoms with van der Waals surface area (Å²) >= 11 is 6.40. The van der Waals surface area contributed by atoms with Crippen molar-refractivity contribution in [3.8, 4) is 11.3 Å². The van der Waals surface area contributed by atoms with Crippen LogP contribution in [0.15, 0.2) is 54.7 Å². The van der Waals surface area contributed by atoms with Gasteiger partial charge < -0.3 is 4.74 Å². The molecule has 7 heteroatoms. The molecule has 2 aromatic carbocycles. The van der Waals surface area contributed by atoms with Crippen molar-refractivity contribution in [2.75, 3.05) is 0 Å². The lowest BCUT2D eigenvalue weighted by molar-refractivity contribution is -0.139. The van der Waals surface area contributed by atoms with E-state index >= 15 is 0 Å². The number of hydrogen-bond donors (Lipinski definition) is 0. The molecule has 0 amide bonds. The molecule has 160 valence electrons. The SMILES string of the molecule is CC(=O)C(C)(C)OCc1cc(-c2ccc3c(cnn3C)c2)n(Cc2ccccc2Cl)n1. The highest BCUT2D eigenvalue weighted by Gasteiger charge is 2.25. The highest BCUT2D eigenvalue weighted by molar-refractivity contribution is 6.31. The van der Waals surface area contributed by atoms with Gasteiger partial charge in [0.2, 0.25) is 0 Å². The smallest absolute Gasteiger partial charge is 0.161 e. The first kappa shape index (κ1) is 21.3. The van der Waals surface area contributed by atoms with Crippen LogP contribution in [-0.2, 0) is 29.7 Å². The molecule has 4 rings (SSSR count). The van der Waals surface area contributed by atoms with Crippen molar-refractivity contribution < 1.29 is 9.53 Å². The van der Waals surface area contributed by atoms with Crippen LogP contribution in [0.1, 0.15) is 32.0 Å². The minimum atomic E-state index is -0.860. The van der Waals surface area contributed by atoms with E-state index in [4.69, 9.17) is 21.4 Å². The quantitative estimate of drug-likeness (QED) is 0.408. The molecule has 0 saturated carbocycles. The van der Waals surface area contributed by atoms with Gasteiger partial charge >= 0.3 is 0 Å². The summed E-state index contributed by atoms with van der Waals surface area (Å²) in [4.78, 5) is 11.8. The van der Waals surface area contributed by atoms with Gasteiger partial charge in [-0.15, -0.1) is 0 Å². The Morgan fingerprint density at radius 1 is 1.16 bits per heavy atom. The Morgan fingerprint density at radius 3 is 2.68 bits per heavy atom. The van der Waals surface area contributed by atoms with E-state index in [1.165, 1.54) is 6.92 Å². The lowest BCUT2D eigenvalue weighted by Crippen LogP contribution is -2.32. The number of rotatable bonds is 7. The second-order valence-corrected chi connectivity index (χ2v) is 8.57. The maximum absolute atomic E-state index is 11.8. The van der Waals surface area contributed by atoms with Crippen LogP contribution in [0.5, 0.6) is 0 Å².